The minimum absolute atomic E-state index is 0. The van der Waals surface area contributed by atoms with E-state index in [4.69, 9.17) is 3.32 Å². The molecular weight excluding hydrogens is 413 g/mol. The molecule has 27 heavy (non-hydrogen) atoms. The van der Waals surface area contributed by atoms with Gasteiger partial charge < -0.3 is 24.8 Å². The molecule has 0 aromatic rings. The second-order valence-electron chi connectivity index (χ2n) is 7.46. The largest absolute Gasteiger partial charge is 1.00 e. The molecule has 0 fully saturated rings. The fraction of sp³-hybridized carbons (Fsp3) is 1.00. The van der Waals surface area contributed by atoms with Gasteiger partial charge in [-0.05, 0) is 0 Å². The van der Waals surface area contributed by atoms with Crippen LogP contribution in [0, 0.1) is 0 Å². The van der Waals surface area contributed by atoms with E-state index in [0.29, 0.717) is 0 Å². The van der Waals surface area contributed by atoms with E-state index in [0.717, 1.165) is 6.61 Å². The topological polar surface area (TPSA) is 12.5 Å². The quantitative estimate of drug-likeness (QED) is 0.190. The van der Waals surface area contributed by atoms with Crippen LogP contribution < -0.4 is 24.8 Å². The molecule has 0 saturated heterocycles. The molecule has 5 heteroatoms. The fourth-order valence-corrected chi connectivity index (χ4v) is 4.50. The van der Waals surface area contributed by atoms with Crippen molar-refractivity contribution in [1.82, 2.24) is 3.38 Å². The van der Waals surface area contributed by atoms with Crippen molar-refractivity contribution in [2.24, 2.45) is 0 Å². The van der Waals surface area contributed by atoms with Crippen LogP contribution in [0.3, 0.4) is 0 Å². The zero-order valence-electron chi connectivity index (χ0n) is 18.5. The molecule has 0 N–H and O–H groups in total. The summed E-state index contributed by atoms with van der Waals surface area (Å²) < 4.78 is 8.46. The van der Waals surface area contributed by atoms with Crippen LogP contribution in [-0.4, -0.2) is 23.1 Å². The first kappa shape index (κ1) is 32.9. The van der Waals surface area contributed by atoms with Crippen molar-refractivity contribution in [3.63, 3.8) is 0 Å². The molecule has 0 aliphatic rings. The van der Waals surface area contributed by atoms with Crippen LogP contribution >= 0.6 is 0 Å². The Morgan fingerprint density at radius 2 is 0.852 bits per heavy atom. The van der Waals surface area contributed by atoms with Gasteiger partial charge in [0.25, 0.3) is 0 Å². The fourth-order valence-electron chi connectivity index (χ4n) is 3.23. The summed E-state index contributed by atoms with van der Waals surface area (Å²) in [6, 6.07) is 0. The normalized spacial score (nSPS) is 10.4. The van der Waals surface area contributed by atoms with Crippen LogP contribution in [0.15, 0.2) is 0 Å². The maximum absolute atomic E-state index is 5.79. The molecule has 0 aliphatic heterocycles. The summed E-state index contributed by atoms with van der Waals surface area (Å²) >= 11 is -0.315. The van der Waals surface area contributed by atoms with Crippen molar-refractivity contribution in [3.05, 3.63) is 0 Å². The van der Waals surface area contributed by atoms with E-state index in [2.05, 4.69) is 24.2 Å². The molecule has 164 valence electrons. The van der Waals surface area contributed by atoms with Crippen molar-refractivity contribution in [2.75, 3.05) is 19.7 Å². The third-order valence-electron chi connectivity index (χ3n) is 4.90. The SMILES string of the molecule is CCCCCCCCCC[N](CCCCCCCCCC)[Ti+2][O]CC.[Cl-].[Cl-]. The monoisotopic (exact) mass is 459 g/mol. The Balaban J connectivity index is -0.00000288. The Labute approximate surface area is 193 Å². The van der Waals surface area contributed by atoms with Gasteiger partial charge in [0.15, 0.2) is 0 Å². The summed E-state index contributed by atoms with van der Waals surface area (Å²) in [7, 11) is 0. The molecular formula is C22H47Cl2NOTi. The molecule has 0 bridgehead atoms. The van der Waals surface area contributed by atoms with Crippen molar-refractivity contribution in [2.45, 2.75) is 124 Å². The average molecular weight is 460 g/mol. The summed E-state index contributed by atoms with van der Waals surface area (Å²) in [6.07, 6.45) is 22.7. The summed E-state index contributed by atoms with van der Waals surface area (Å²) in [4.78, 5) is 0. The predicted octanol–water partition coefficient (Wildman–Crippen LogP) is 1.53. The molecule has 0 rings (SSSR count). The minimum Gasteiger partial charge on any atom is -1.00 e. The zero-order chi connectivity index (χ0) is 18.4. The Morgan fingerprint density at radius 1 is 0.519 bits per heavy atom. The Kier molecular flexibility index (Phi) is 35.8. The Bertz CT molecular complexity index is 228. The van der Waals surface area contributed by atoms with Crippen molar-refractivity contribution in [3.8, 4) is 0 Å². The van der Waals surface area contributed by atoms with Gasteiger partial charge >= 0.3 is 170 Å². The number of nitrogens with zero attached hydrogens (tertiary/aromatic N) is 1. The smallest absolute Gasteiger partial charge is 1.00 e. The molecule has 0 aliphatic carbocycles. The Hall–Kier alpha value is 1.21. The van der Waals surface area contributed by atoms with Gasteiger partial charge in [-0.3, -0.25) is 0 Å². The van der Waals surface area contributed by atoms with E-state index in [1.54, 1.807) is 0 Å². The number of hydrogen-bond acceptors (Lipinski definition) is 2. The van der Waals surface area contributed by atoms with Crippen LogP contribution in [0.5, 0.6) is 0 Å². The van der Waals surface area contributed by atoms with E-state index in [1.165, 1.54) is 116 Å². The Morgan fingerprint density at radius 3 is 1.19 bits per heavy atom. The summed E-state index contributed by atoms with van der Waals surface area (Å²) in [5.74, 6) is 0. The molecule has 0 atom stereocenters. The van der Waals surface area contributed by atoms with E-state index in [9.17, 15) is 0 Å². The maximum atomic E-state index is 5.79. The van der Waals surface area contributed by atoms with Crippen molar-refractivity contribution >= 4 is 0 Å². The summed E-state index contributed by atoms with van der Waals surface area (Å²) in [6.45, 7) is 10.2. The number of unbranched alkanes of at least 4 members (excludes halogenated alkanes) is 14. The van der Waals surface area contributed by atoms with Gasteiger partial charge in [-0.25, -0.2) is 0 Å². The molecule has 0 radical (unpaired) electrons. The van der Waals surface area contributed by atoms with Crippen LogP contribution in [0.2, 0.25) is 0 Å². The molecule has 0 amide bonds. The third-order valence-corrected chi connectivity index (χ3v) is 6.66. The van der Waals surface area contributed by atoms with Gasteiger partial charge in [0.2, 0.25) is 0 Å². The molecule has 0 heterocycles. The van der Waals surface area contributed by atoms with Crippen LogP contribution in [0.25, 0.3) is 0 Å². The molecule has 0 aromatic carbocycles. The second kappa shape index (κ2) is 29.4. The van der Waals surface area contributed by atoms with Gasteiger partial charge in [-0.1, -0.05) is 0 Å². The van der Waals surface area contributed by atoms with Crippen LogP contribution in [0.4, 0.5) is 0 Å². The maximum Gasteiger partial charge on any atom is -1.00 e. The van der Waals surface area contributed by atoms with Gasteiger partial charge in [0.1, 0.15) is 0 Å². The van der Waals surface area contributed by atoms with E-state index < -0.39 is 0 Å². The number of halogens is 2. The van der Waals surface area contributed by atoms with Gasteiger partial charge in [0, 0.05) is 0 Å². The average Bonchev–Trinajstić information content (AvgIpc) is 2.63. The van der Waals surface area contributed by atoms with E-state index >= 15 is 0 Å². The van der Waals surface area contributed by atoms with Gasteiger partial charge in [-0.15, -0.1) is 0 Å². The minimum atomic E-state index is -0.315. The molecule has 0 aromatic heterocycles. The number of hydrogen-bond donors (Lipinski definition) is 0. The van der Waals surface area contributed by atoms with Crippen molar-refractivity contribution in [1.29, 1.82) is 0 Å². The van der Waals surface area contributed by atoms with Crippen LogP contribution in [0.1, 0.15) is 124 Å². The van der Waals surface area contributed by atoms with E-state index in [-0.39, 0.29) is 44.6 Å². The molecule has 0 saturated carbocycles. The van der Waals surface area contributed by atoms with E-state index in [1.807, 2.05) is 0 Å². The number of rotatable bonds is 21. The first-order valence-corrected chi connectivity index (χ1v) is 12.8. The molecule has 0 unspecified atom stereocenters. The predicted molar refractivity (Wildman–Crippen MR) is 108 cm³/mol. The van der Waals surface area contributed by atoms with Crippen LogP contribution in [-0.2, 0) is 23.1 Å². The zero-order valence-corrected chi connectivity index (χ0v) is 21.6. The first-order valence-electron chi connectivity index (χ1n) is 11.5. The van der Waals surface area contributed by atoms with Gasteiger partial charge in [0.05, 0.1) is 0 Å². The molecule has 0 spiro atoms. The first-order chi connectivity index (χ1) is 12.3. The standard InChI is InChI=1S/C20H42N.C2H5O.2ClH.Ti/c1-3-5-7-9-11-13-15-17-19-21-20-18-16-14-12-10-8-6-4-2;1-2-3;;;/h3-20H2,1-2H3;2H2,1H3;2*1H;/q2*-1;;;+4/p-2. The molecule has 2 nitrogen and oxygen atoms in total. The third kappa shape index (κ3) is 27.2. The summed E-state index contributed by atoms with van der Waals surface area (Å²) in [5.41, 5.74) is 0. The second-order valence-corrected chi connectivity index (χ2v) is 9.18. The summed E-state index contributed by atoms with van der Waals surface area (Å²) in [5, 5.41) is 0. The van der Waals surface area contributed by atoms with Crippen molar-refractivity contribution < 1.29 is 47.9 Å². The van der Waals surface area contributed by atoms with Gasteiger partial charge in [-0.2, -0.15) is 0 Å².